The maximum atomic E-state index is 10.6. The fraction of sp³-hybridized carbons (Fsp3) is 0.500. The van der Waals surface area contributed by atoms with E-state index in [1.807, 2.05) is 0 Å². The summed E-state index contributed by atoms with van der Waals surface area (Å²) >= 11 is 0. The Morgan fingerprint density at radius 1 is 0.591 bits per heavy atom. The fourth-order valence-electron chi connectivity index (χ4n) is 1.44. The molecule has 0 radical (unpaired) electrons. The molecule has 0 bridgehead atoms. The normalized spacial score (nSPS) is 10.1. The molecule has 0 fully saturated rings. The summed E-state index contributed by atoms with van der Waals surface area (Å²) in [6.45, 7) is -2.31. The van der Waals surface area contributed by atoms with Crippen molar-refractivity contribution in [1.29, 1.82) is 0 Å². The Hall–Kier alpha value is -2.64. The van der Waals surface area contributed by atoms with Crippen molar-refractivity contribution >= 4 is 23.9 Å². The highest BCUT2D eigenvalue weighted by molar-refractivity contribution is 5.73. The van der Waals surface area contributed by atoms with E-state index in [0.717, 1.165) is 9.80 Å². The molecule has 0 aliphatic carbocycles. The lowest BCUT2D eigenvalue weighted by atomic mass is 10.4. The van der Waals surface area contributed by atoms with Crippen molar-refractivity contribution in [2.75, 3.05) is 39.3 Å². The summed E-state index contributed by atoms with van der Waals surface area (Å²) in [4.78, 5) is 44.3. The Morgan fingerprint density at radius 3 is 1.00 bits per heavy atom. The van der Waals surface area contributed by atoms with Crippen molar-refractivity contribution in [3.05, 3.63) is 0 Å². The predicted octanol–water partition coefficient (Wildman–Crippen LogP) is -2.07. The van der Waals surface area contributed by atoms with E-state index in [1.54, 1.807) is 0 Å². The molecule has 0 atom stereocenters. The summed E-state index contributed by atoms with van der Waals surface area (Å²) in [7, 11) is 0. The maximum absolute atomic E-state index is 10.6. The van der Waals surface area contributed by atoms with Crippen LogP contribution in [0.15, 0.2) is 0 Å². The molecule has 0 amide bonds. The number of carbonyl (C=O) groups is 4. The molecule has 22 heavy (non-hydrogen) atoms. The van der Waals surface area contributed by atoms with E-state index in [9.17, 15) is 19.2 Å². The van der Waals surface area contributed by atoms with E-state index in [2.05, 4.69) is 11.8 Å². The Bertz CT molecular complexity index is 419. The van der Waals surface area contributed by atoms with Gasteiger partial charge >= 0.3 is 23.9 Å². The summed E-state index contributed by atoms with van der Waals surface area (Å²) in [5, 5.41) is 34.5. The van der Waals surface area contributed by atoms with E-state index < -0.39 is 50.1 Å². The van der Waals surface area contributed by atoms with Gasteiger partial charge < -0.3 is 20.4 Å². The van der Waals surface area contributed by atoms with Gasteiger partial charge in [0, 0.05) is 0 Å². The van der Waals surface area contributed by atoms with E-state index in [0.29, 0.717) is 0 Å². The lowest BCUT2D eigenvalue weighted by molar-refractivity contribution is -0.143. The highest BCUT2D eigenvalue weighted by Crippen LogP contribution is 1.89. The topological polar surface area (TPSA) is 156 Å². The number of hydrogen-bond acceptors (Lipinski definition) is 6. The molecule has 0 aromatic rings. The minimum Gasteiger partial charge on any atom is -0.480 e. The molecule has 0 heterocycles. The van der Waals surface area contributed by atoms with Gasteiger partial charge in [0.1, 0.15) is 0 Å². The number of rotatable bonds is 10. The zero-order valence-electron chi connectivity index (χ0n) is 11.6. The van der Waals surface area contributed by atoms with Crippen molar-refractivity contribution < 1.29 is 39.6 Å². The molecule has 0 saturated carbocycles. The molecular weight excluding hydrogens is 300 g/mol. The SMILES string of the molecule is O=C(O)CN(CC#CCN(CC(=O)O)CC(=O)O)CC(=O)O. The predicted molar refractivity (Wildman–Crippen MR) is 71.2 cm³/mol. The third-order valence-electron chi connectivity index (χ3n) is 2.17. The average Bonchev–Trinajstić information content (AvgIpc) is 2.31. The number of hydrogen-bond donors (Lipinski definition) is 4. The molecule has 0 unspecified atom stereocenters. The van der Waals surface area contributed by atoms with E-state index in [1.165, 1.54) is 0 Å². The molecule has 10 heteroatoms. The standard InChI is InChI=1S/C12H16N2O8/c15-9(16)5-13(6-10(17)18)3-1-2-4-14(7-11(19)20)8-12(21)22/h3-8H2,(H,15,16)(H,17,18)(H,19,20)(H,21,22). The minimum atomic E-state index is -1.21. The fourth-order valence-corrected chi connectivity index (χ4v) is 1.44. The number of carboxylic acid groups (broad SMARTS) is 4. The third-order valence-corrected chi connectivity index (χ3v) is 2.17. The van der Waals surface area contributed by atoms with Gasteiger partial charge in [-0.2, -0.15) is 0 Å². The summed E-state index contributed by atoms with van der Waals surface area (Å²) in [5.74, 6) is 0.162. The molecule has 0 aliphatic rings. The van der Waals surface area contributed by atoms with Crippen LogP contribution >= 0.6 is 0 Å². The van der Waals surface area contributed by atoms with Gasteiger partial charge in [-0.25, -0.2) is 0 Å². The van der Waals surface area contributed by atoms with Crippen molar-refractivity contribution in [3.63, 3.8) is 0 Å². The second-order valence-electron chi connectivity index (χ2n) is 4.22. The summed E-state index contributed by atoms with van der Waals surface area (Å²) in [6, 6.07) is 0. The first-order valence-electron chi connectivity index (χ1n) is 5.98. The zero-order chi connectivity index (χ0) is 17.1. The average molecular weight is 316 g/mol. The molecule has 122 valence electrons. The van der Waals surface area contributed by atoms with E-state index in [4.69, 9.17) is 20.4 Å². The zero-order valence-corrected chi connectivity index (χ0v) is 11.6. The van der Waals surface area contributed by atoms with Gasteiger partial charge in [-0.15, -0.1) is 0 Å². The van der Waals surface area contributed by atoms with Crippen LogP contribution in [0.4, 0.5) is 0 Å². The van der Waals surface area contributed by atoms with Gasteiger partial charge in [0.25, 0.3) is 0 Å². The highest BCUT2D eigenvalue weighted by Gasteiger charge is 2.13. The number of aliphatic carboxylic acids is 4. The minimum absolute atomic E-state index is 0.146. The van der Waals surface area contributed by atoms with Crippen molar-refractivity contribution in [2.24, 2.45) is 0 Å². The molecule has 10 nitrogen and oxygen atoms in total. The quantitative estimate of drug-likeness (QED) is 0.330. The summed E-state index contributed by atoms with van der Waals surface area (Å²) in [5.41, 5.74) is 0. The number of nitrogens with zero attached hydrogens (tertiary/aromatic N) is 2. The molecule has 0 spiro atoms. The second kappa shape index (κ2) is 10.1. The first kappa shape index (κ1) is 19.4. The largest absolute Gasteiger partial charge is 0.480 e. The van der Waals surface area contributed by atoms with Crippen LogP contribution in [0.5, 0.6) is 0 Å². The van der Waals surface area contributed by atoms with Crippen LogP contribution in [-0.4, -0.2) is 93.4 Å². The molecule has 0 saturated heterocycles. The monoisotopic (exact) mass is 316 g/mol. The Kier molecular flexibility index (Phi) is 8.92. The van der Waals surface area contributed by atoms with E-state index >= 15 is 0 Å². The van der Waals surface area contributed by atoms with Gasteiger partial charge in [0.15, 0.2) is 0 Å². The molecule has 0 aromatic carbocycles. The Balaban J connectivity index is 4.53. The highest BCUT2D eigenvalue weighted by atomic mass is 16.4. The summed E-state index contributed by atoms with van der Waals surface area (Å²) in [6.07, 6.45) is 0. The van der Waals surface area contributed by atoms with Gasteiger partial charge in [0.05, 0.1) is 39.3 Å². The molecule has 0 aromatic heterocycles. The van der Waals surface area contributed by atoms with Crippen LogP contribution < -0.4 is 0 Å². The van der Waals surface area contributed by atoms with Gasteiger partial charge in [0.2, 0.25) is 0 Å². The summed E-state index contributed by atoms with van der Waals surface area (Å²) < 4.78 is 0. The van der Waals surface area contributed by atoms with Gasteiger partial charge in [-0.3, -0.25) is 29.0 Å². The molecule has 0 aliphatic heterocycles. The number of carboxylic acids is 4. The van der Waals surface area contributed by atoms with Crippen LogP contribution in [0.2, 0.25) is 0 Å². The Labute approximate surface area is 125 Å². The third kappa shape index (κ3) is 11.2. The van der Waals surface area contributed by atoms with Gasteiger partial charge in [-0.1, -0.05) is 11.8 Å². The van der Waals surface area contributed by atoms with Crippen LogP contribution in [0.25, 0.3) is 0 Å². The lowest BCUT2D eigenvalue weighted by Gasteiger charge is -2.15. The molecular formula is C12H16N2O8. The second-order valence-corrected chi connectivity index (χ2v) is 4.22. The molecule has 0 rings (SSSR count). The first-order chi connectivity index (χ1) is 10.2. The van der Waals surface area contributed by atoms with Crippen LogP contribution in [0.3, 0.4) is 0 Å². The van der Waals surface area contributed by atoms with Crippen molar-refractivity contribution in [3.8, 4) is 11.8 Å². The molecule has 4 N–H and O–H groups in total. The van der Waals surface area contributed by atoms with Crippen molar-refractivity contribution in [1.82, 2.24) is 9.80 Å². The lowest BCUT2D eigenvalue weighted by Crippen LogP contribution is -2.35. The van der Waals surface area contributed by atoms with Crippen LogP contribution in [0.1, 0.15) is 0 Å². The van der Waals surface area contributed by atoms with E-state index in [-0.39, 0.29) is 13.1 Å². The van der Waals surface area contributed by atoms with Crippen LogP contribution in [-0.2, 0) is 19.2 Å². The Morgan fingerprint density at radius 2 is 0.818 bits per heavy atom. The van der Waals surface area contributed by atoms with Gasteiger partial charge in [-0.05, 0) is 0 Å². The smallest absolute Gasteiger partial charge is 0.317 e. The van der Waals surface area contributed by atoms with Crippen molar-refractivity contribution in [2.45, 2.75) is 0 Å². The maximum Gasteiger partial charge on any atom is 0.317 e. The first-order valence-corrected chi connectivity index (χ1v) is 5.98. The van der Waals surface area contributed by atoms with Crippen LogP contribution in [0, 0.1) is 11.8 Å².